The summed E-state index contributed by atoms with van der Waals surface area (Å²) in [6.45, 7) is 0. The number of fused-ring (bicyclic) bond motifs is 3. The molecule has 170 valence electrons. The van der Waals surface area contributed by atoms with Crippen LogP contribution in [0.1, 0.15) is 5.76 Å². The lowest BCUT2D eigenvalue weighted by atomic mass is 10.00. The molecule has 0 aliphatic heterocycles. The number of nitrogens with zero attached hydrogens (tertiary/aromatic N) is 2. The fraction of sp³-hybridized carbons (Fsp3) is 0.130. The molecule has 0 spiro atoms. The number of para-hydroxylation sites is 2. The summed E-state index contributed by atoms with van der Waals surface area (Å²) in [5, 5.41) is 4.40. The molecule has 0 aliphatic rings. The highest BCUT2D eigenvalue weighted by Gasteiger charge is 2.41. The van der Waals surface area contributed by atoms with Gasteiger partial charge in [-0.05, 0) is 29.7 Å². The number of hydrogen-bond acceptors (Lipinski definition) is 6. The molecule has 10 heteroatoms. The van der Waals surface area contributed by atoms with Crippen LogP contribution in [-0.2, 0) is 0 Å². The molecule has 4 rings (SSSR count). The molecule has 0 radical (unpaired) electrons. The van der Waals surface area contributed by atoms with Crippen LogP contribution >= 0.6 is 0 Å². The minimum Gasteiger partial charge on any atom is -0.496 e. The summed E-state index contributed by atoms with van der Waals surface area (Å²) in [5.41, 5.74) is 3.62. The molecule has 4 aromatic rings. The molecule has 0 aliphatic carbocycles. The maximum Gasteiger partial charge on any atom is 0.434 e. The minimum atomic E-state index is -4.93. The summed E-state index contributed by atoms with van der Waals surface area (Å²) >= 11 is 0. The molecule has 0 atom stereocenters. The summed E-state index contributed by atoms with van der Waals surface area (Å²) in [4.78, 5) is 3.79. The lowest BCUT2D eigenvalue weighted by Gasteiger charge is -2.14. The smallest absolute Gasteiger partial charge is 0.434 e. The van der Waals surface area contributed by atoms with Crippen molar-refractivity contribution in [3.8, 4) is 11.5 Å². The molecule has 0 saturated heterocycles. The van der Waals surface area contributed by atoms with E-state index >= 15 is 0 Å². The molecule has 1 aromatic heterocycles. The molecule has 0 unspecified atom stereocenters. The van der Waals surface area contributed by atoms with E-state index in [4.69, 9.17) is 19.7 Å². The quantitative estimate of drug-likeness (QED) is 0.303. The first-order chi connectivity index (χ1) is 15.8. The third kappa shape index (κ3) is 3.84. The second kappa shape index (κ2) is 8.45. The molecule has 2 N–H and O–H groups in total. The predicted octanol–water partition coefficient (Wildman–Crippen LogP) is 5.77. The highest BCUT2D eigenvalue weighted by atomic mass is 19.4. The van der Waals surface area contributed by atoms with E-state index in [-0.39, 0.29) is 39.2 Å². The van der Waals surface area contributed by atoms with Gasteiger partial charge >= 0.3 is 6.18 Å². The lowest BCUT2D eigenvalue weighted by Crippen LogP contribution is -2.25. The van der Waals surface area contributed by atoms with Crippen LogP contribution in [0.25, 0.3) is 27.2 Å². The molecule has 6 nitrogen and oxygen atoms in total. The van der Waals surface area contributed by atoms with Crippen molar-refractivity contribution < 1.29 is 31.6 Å². The Morgan fingerprint density at radius 3 is 2.42 bits per heavy atom. The third-order valence-electron chi connectivity index (χ3n) is 4.98. The van der Waals surface area contributed by atoms with Crippen LogP contribution in [0.3, 0.4) is 0 Å². The van der Waals surface area contributed by atoms with E-state index in [1.807, 2.05) is 0 Å². The second-order valence-electron chi connectivity index (χ2n) is 6.86. The van der Waals surface area contributed by atoms with Gasteiger partial charge in [0.05, 0.1) is 25.2 Å². The average Bonchev–Trinajstić information content (AvgIpc) is 3.23. The normalized spacial score (nSPS) is 13.0. The standard InChI is InChI=1S/C23H17F4N3O3/c1-31-16-9-4-3-8-15(16)29-22(23(25,26)27)13(11-28)21-19-17(32-2)10-12-6-5-7-14(24)18(12)20(19)30-33-21/h3-11H,28H2,1-2H3. The first-order valence-corrected chi connectivity index (χ1v) is 9.56. The number of hydrogen-bond donors (Lipinski definition) is 1. The van der Waals surface area contributed by atoms with Gasteiger partial charge in [0, 0.05) is 11.6 Å². The van der Waals surface area contributed by atoms with Gasteiger partial charge in [-0.2, -0.15) is 13.2 Å². The fourth-order valence-corrected chi connectivity index (χ4v) is 3.54. The first kappa shape index (κ1) is 22.1. The summed E-state index contributed by atoms with van der Waals surface area (Å²) in [6, 6.07) is 11.8. The molecular formula is C23H17F4N3O3. The monoisotopic (exact) mass is 459 g/mol. The van der Waals surface area contributed by atoms with Crippen LogP contribution < -0.4 is 15.2 Å². The van der Waals surface area contributed by atoms with Crippen molar-refractivity contribution in [2.45, 2.75) is 6.18 Å². The summed E-state index contributed by atoms with van der Waals surface area (Å²) in [5.74, 6) is -0.710. The molecule has 33 heavy (non-hydrogen) atoms. The number of ether oxygens (including phenoxy) is 2. The number of methoxy groups -OCH3 is 2. The van der Waals surface area contributed by atoms with Crippen LogP contribution in [0.5, 0.6) is 11.5 Å². The van der Waals surface area contributed by atoms with E-state index in [9.17, 15) is 17.6 Å². The van der Waals surface area contributed by atoms with E-state index in [1.54, 1.807) is 12.1 Å². The van der Waals surface area contributed by atoms with Crippen LogP contribution in [0.2, 0.25) is 0 Å². The Bertz CT molecular complexity index is 1410. The van der Waals surface area contributed by atoms with Crippen LogP contribution in [0.15, 0.2) is 64.2 Å². The number of aliphatic imine (C=N–C) groups is 1. The van der Waals surface area contributed by atoms with Crippen LogP contribution in [-0.4, -0.2) is 31.3 Å². The Morgan fingerprint density at radius 1 is 1.03 bits per heavy atom. The van der Waals surface area contributed by atoms with Gasteiger partial charge in [-0.1, -0.05) is 29.4 Å². The number of aromatic nitrogens is 1. The van der Waals surface area contributed by atoms with Gasteiger partial charge < -0.3 is 19.7 Å². The van der Waals surface area contributed by atoms with E-state index in [2.05, 4.69) is 10.1 Å². The van der Waals surface area contributed by atoms with Crippen LogP contribution in [0, 0.1) is 5.82 Å². The zero-order valence-corrected chi connectivity index (χ0v) is 17.4. The molecule has 0 fully saturated rings. The topological polar surface area (TPSA) is 82.9 Å². The molecule has 3 aromatic carbocycles. The second-order valence-corrected chi connectivity index (χ2v) is 6.86. The van der Waals surface area contributed by atoms with Gasteiger partial charge in [0.1, 0.15) is 28.5 Å². The molecule has 0 amide bonds. The maximum atomic E-state index is 14.6. The van der Waals surface area contributed by atoms with Crippen molar-refractivity contribution in [2.75, 3.05) is 14.2 Å². The summed E-state index contributed by atoms with van der Waals surface area (Å²) < 4.78 is 72.8. The molecule has 1 heterocycles. The Hall–Kier alpha value is -4.08. The SMILES string of the molecule is COc1ccccc1N=C(C(=CN)c1onc2c1c(OC)cc1cccc(F)c12)C(F)(F)F. The Labute approximate surface area is 184 Å². The minimum absolute atomic E-state index is 0.00406. The molecule has 0 bridgehead atoms. The van der Waals surface area contributed by atoms with Gasteiger partial charge in [0.15, 0.2) is 11.5 Å². The van der Waals surface area contributed by atoms with Gasteiger partial charge in [0.25, 0.3) is 0 Å². The number of benzene rings is 3. The Kier molecular flexibility index (Phi) is 5.67. The highest BCUT2D eigenvalue weighted by Crippen LogP contribution is 2.41. The number of alkyl halides is 3. The number of halogens is 4. The van der Waals surface area contributed by atoms with E-state index < -0.39 is 23.3 Å². The fourth-order valence-electron chi connectivity index (χ4n) is 3.54. The van der Waals surface area contributed by atoms with E-state index in [1.165, 1.54) is 50.6 Å². The van der Waals surface area contributed by atoms with Gasteiger partial charge in [-0.15, -0.1) is 0 Å². The van der Waals surface area contributed by atoms with Crippen molar-refractivity contribution >= 4 is 38.6 Å². The maximum absolute atomic E-state index is 14.6. The van der Waals surface area contributed by atoms with Crippen molar-refractivity contribution in [1.29, 1.82) is 0 Å². The van der Waals surface area contributed by atoms with Crippen molar-refractivity contribution in [2.24, 2.45) is 10.7 Å². The number of allylic oxidation sites excluding steroid dienone is 1. The van der Waals surface area contributed by atoms with Gasteiger partial charge in [-0.3, -0.25) is 0 Å². The van der Waals surface area contributed by atoms with Crippen molar-refractivity contribution in [1.82, 2.24) is 5.16 Å². The predicted molar refractivity (Wildman–Crippen MR) is 116 cm³/mol. The summed E-state index contributed by atoms with van der Waals surface area (Å²) in [7, 11) is 2.64. The zero-order valence-electron chi connectivity index (χ0n) is 17.4. The zero-order chi connectivity index (χ0) is 23.8. The van der Waals surface area contributed by atoms with Crippen molar-refractivity contribution in [3.63, 3.8) is 0 Å². The van der Waals surface area contributed by atoms with Gasteiger partial charge in [0.2, 0.25) is 0 Å². The average molecular weight is 459 g/mol. The summed E-state index contributed by atoms with van der Waals surface area (Å²) in [6.07, 6.45) is -4.22. The lowest BCUT2D eigenvalue weighted by molar-refractivity contribution is -0.0571. The highest BCUT2D eigenvalue weighted by molar-refractivity contribution is 6.29. The molecule has 0 saturated carbocycles. The number of rotatable bonds is 5. The van der Waals surface area contributed by atoms with Crippen LogP contribution in [0.4, 0.5) is 23.2 Å². The Balaban J connectivity index is 2.02. The van der Waals surface area contributed by atoms with Gasteiger partial charge in [-0.25, -0.2) is 9.38 Å². The van der Waals surface area contributed by atoms with Crippen molar-refractivity contribution in [3.05, 3.63) is 66.3 Å². The first-order valence-electron chi connectivity index (χ1n) is 9.56. The Morgan fingerprint density at radius 2 is 1.76 bits per heavy atom. The largest absolute Gasteiger partial charge is 0.496 e. The molecular weight excluding hydrogens is 442 g/mol. The number of nitrogens with two attached hydrogens (primary N) is 1. The van der Waals surface area contributed by atoms with E-state index in [0.29, 0.717) is 11.6 Å². The third-order valence-corrected chi connectivity index (χ3v) is 4.98. The van der Waals surface area contributed by atoms with E-state index in [0.717, 1.165) is 0 Å².